The van der Waals surface area contributed by atoms with Crippen LogP contribution in [0.5, 0.6) is 0 Å². The zero-order valence-corrected chi connectivity index (χ0v) is 9.07. The molecular weight excluding hydrogens is 200 g/mol. The van der Waals surface area contributed by atoms with E-state index >= 15 is 0 Å². The number of aryl methyl sites for hydroxylation is 1. The summed E-state index contributed by atoms with van der Waals surface area (Å²) >= 11 is 0. The molecule has 0 aliphatic heterocycles. The Bertz CT molecular complexity index is 516. The fourth-order valence-electron chi connectivity index (χ4n) is 2.39. The molecule has 0 bridgehead atoms. The van der Waals surface area contributed by atoms with E-state index in [0.29, 0.717) is 6.54 Å². The average molecular weight is 214 g/mol. The van der Waals surface area contributed by atoms with Gasteiger partial charge in [-0.05, 0) is 24.8 Å². The van der Waals surface area contributed by atoms with Crippen LogP contribution in [0.1, 0.15) is 23.2 Å². The minimum Gasteiger partial charge on any atom is -0.356 e. The van der Waals surface area contributed by atoms with Crippen molar-refractivity contribution in [2.75, 3.05) is 0 Å². The largest absolute Gasteiger partial charge is 0.356 e. The quantitative estimate of drug-likeness (QED) is 0.792. The Kier molecular flexibility index (Phi) is 2.26. The van der Waals surface area contributed by atoms with Gasteiger partial charge in [0.25, 0.3) is 0 Å². The van der Waals surface area contributed by atoms with Crippen LogP contribution in [-0.4, -0.2) is 5.16 Å². The molecule has 2 N–H and O–H groups in total. The first-order chi connectivity index (χ1) is 7.90. The van der Waals surface area contributed by atoms with Gasteiger partial charge in [0.05, 0.1) is 0 Å². The van der Waals surface area contributed by atoms with Crippen LogP contribution in [0.2, 0.25) is 0 Å². The number of fused-ring (bicyclic) bond motifs is 3. The van der Waals surface area contributed by atoms with Crippen molar-refractivity contribution in [3.05, 3.63) is 41.1 Å². The lowest BCUT2D eigenvalue weighted by Gasteiger charge is -2.02. The molecule has 0 saturated carbocycles. The van der Waals surface area contributed by atoms with Gasteiger partial charge in [0.2, 0.25) is 0 Å². The van der Waals surface area contributed by atoms with E-state index < -0.39 is 0 Å². The molecule has 0 radical (unpaired) electrons. The predicted octanol–water partition coefficient (Wildman–Crippen LogP) is 2.29. The first-order valence-electron chi connectivity index (χ1n) is 5.66. The lowest BCUT2D eigenvalue weighted by atomic mass is 10.0. The van der Waals surface area contributed by atoms with E-state index in [0.717, 1.165) is 30.7 Å². The maximum atomic E-state index is 5.67. The molecule has 3 heteroatoms. The highest BCUT2D eigenvalue weighted by molar-refractivity contribution is 5.67. The zero-order chi connectivity index (χ0) is 11.0. The molecule has 1 aromatic heterocycles. The summed E-state index contributed by atoms with van der Waals surface area (Å²) in [6.45, 7) is 0.459. The first-order valence-corrected chi connectivity index (χ1v) is 5.66. The second-order valence-electron chi connectivity index (χ2n) is 4.15. The van der Waals surface area contributed by atoms with E-state index in [4.69, 9.17) is 10.3 Å². The molecule has 1 aliphatic rings. The summed E-state index contributed by atoms with van der Waals surface area (Å²) in [6, 6.07) is 8.38. The molecule has 16 heavy (non-hydrogen) atoms. The van der Waals surface area contributed by atoms with E-state index in [1.165, 1.54) is 16.7 Å². The Morgan fingerprint density at radius 2 is 2.12 bits per heavy atom. The van der Waals surface area contributed by atoms with Crippen LogP contribution in [-0.2, 0) is 19.4 Å². The lowest BCUT2D eigenvalue weighted by molar-refractivity contribution is 0.423. The number of rotatable bonds is 1. The third kappa shape index (κ3) is 1.36. The summed E-state index contributed by atoms with van der Waals surface area (Å²) in [7, 11) is 0. The van der Waals surface area contributed by atoms with Gasteiger partial charge < -0.3 is 10.3 Å². The first kappa shape index (κ1) is 9.60. The maximum absolute atomic E-state index is 5.67. The molecule has 2 aromatic rings. The van der Waals surface area contributed by atoms with E-state index in [1.54, 1.807) is 0 Å². The Balaban J connectivity index is 2.22. The Morgan fingerprint density at radius 1 is 1.25 bits per heavy atom. The molecule has 1 aromatic carbocycles. The molecule has 1 heterocycles. The maximum Gasteiger partial charge on any atom is 0.170 e. The third-order valence-electron chi connectivity index (χ3n) is 3.20. The van der Waals surface area contributed by atoms with Gasteiger partial charge in [0, 0.05) is 17.7 Å². The zero-order valence-electron chi connectivity index (χ0n) is 9.07. The van der Waals surface area contributed by atoms with Gasteiger partial charge in [-0.3, -0.25) is 0 Å². The summed E-state index contributed by atoms with van der Waals surface area (Å²) < 4.78 is 5.45. The van der Waals surface area contributed by atoms with Gasteiger partial charge >= 0.3 is 0 Å². The smallest absolute Gasteiger partial charge is 0.170 e. The molecule has 82 valence electrons. The summed E-state index contributed by atoms with van der Waals surface area (Å²) in [4.78, 5) is 0. The molecule has 3 nitrogen and oxygen atoms in total. The van der Waals surface area contributed by atoms with E-state index in [9.17, 15) is 0 Å². The minimum atomic E-state index is 0.459. The van der Waals surface area contributed by atoms with Crippen molar-refractivity contribution >= 4 is 0 Å². The molecular formula is C13H14N2O. The van der Waals surface area contributed by atoms with Crippen LogP contribution >= 0.6 is 0 Å². The average Bonchev–Trinajstić information content (AvgIpc) is 2.64. The number of benzene rings is 1. The number of nitrogens with zero attached hydrogens (tertiary/aromatic N) is 1. The van der Waals surface area contributed by atoms with Crippen molar-refractivity contribution in [2.45, 2.75) is 25.8 Å². The van der Waals surface area contributed by atoms with Gasteiger partial charge in [-0.15, -0.1) is 0 Å². The molecule has 0 unspecified atom stereocenters. The van der Waals surface area contributed by atoms with Crippen molar-refractivity contribution in [3.8, 4) is 11.3 Å². The van der Waals surface area contributed by atoms with Crippen LogP contribution < -0.4 is 5.73 Å². The van der Waals surface area contributed by atoms with E-state index in [-0.39, 0.29) is 0 Å². The monoisotopic (exact) mass is 214 g/mol. The SMILES string of the molecule is NCc1noc2c1CCCc1ccccc1-2. The van der Waals surface area contributed by atoms with Gasteiger partial charge in [-0.1, -0.05) is 29.4 Å². The fraction of sp³-hybridized carbons (Fsp3) is 0.308. The second-order valence-corrected chi connectivity index (χ2v) is 4.15. The summed E-state index contributed by atoms with van der Waals surface area (Å²) in [5.74, 6) is 0.925. The highest BCUT2D eigenvalue weighted by Crippen LogP contribution is 2.33. The molecule has 1 aliphatic carbocycles. The van der Waals surface area contributed by atoms with Crippen LogP contribution in [0.3, 0.4) is 0 Å². The van der Waals surface area contributed by atoms with Crippen molar-refractivity contribution in [1.82, 2.24) is 5.16 Å². The summed E-state index contributed by atoms with van der Waals surface area (Å²) in [5.41, 5.74) is 10.3. The number of hydrogen-bond acceptors (Lipinski definition) is 3. The predicted molar refractivity (Wildman–Crippen MR) is 61.9 cm³/mol. The topological polar surface area (TPSA) is 52.0 Å². The standard InChI is InChI=1S/C13H14N2O/c14-8-12-11-7-3-5-9-4-1-2-6-10(9)13(11)16-15-12/h1-2,4,6H,3,5,7-8,14H2. The molecule has 0 saturated heterocycles. The molecule has 3 rings (SSSR count). The van der Waals surface area contributed by atoms with Crippen LogP contribution in [0.15, 0.2) is 28.8 Å². The molecule has 0 atom stereocenters. The lowest BCUT2D eigenvalue weighted by Crippen LogP contribution is -2.00. The molecule has 0 spiro atoms. The fourth-order valence-corrected chi connectivity index (χ4v) is 2.39. The third-order valence-corrected chi connectivity index (χ3v) is 3.20. The van der Waals surface area contributed by atoms with Crippen LogP contribution in [0.25, 0.3) is 11.3 Å². The van der Waals surface area contributed by atoms with Gasteiger partial charge in [-0.25, -0.2) is 0 Å². The highest BCUT2D eigenvalue weighted by atomic mass is 16.5. The Morgan fingerprint density at radius 3 is 3.00 bits per heavy atom. The summed E-state index contributed by atoms with van der Waals surface area (Å²) in [5, 5.41) is 4.06. The van der Waals surface area contributed by atoms with Gasteiger partial charge in [0.1, 0.15) is 5.69 Å². The van der Waals surface area contributed by atoms with Gasteiger partial charge in [0.15, 0.2) is 5.76 Å². The van der Waals surface area contributed by atoms with E-state index in [1.807, 2.05) is 6.07 Å². The van der Waals surface area contributed by atoms with Crippen molar-refractivity contribution in [2.24, 2.45) is 5.73 Å². The normalized spacial score (nSPS) is 14.1. The molecule has 0 fully saturated rings. The number of nitrogens with two attached hydrogens (primary N) is 1. The molecule has 0 amide bonds. The van der Waals surface area contributed by atoms with Crippen molar-refractivity contribution in [3.63, 3.8) is 0 Å². The van der Waals surface area contributed by atoms with Crippen molar-refractivity contribution < 1.29 is 4.52 Å². The van der Waals surface area contributed by atoms with Crippen LogP contribution in [0.4, 0.5) is 0 Å². The number of aromatic nitrogens is 1. The minimum absolute atomic E-state index is 0.459. The van der Waals surface area contributed by atoms with Gasteiger partial charge in [-0.2, -0.15) is 0 Å². The second kappa shape index (κ2) is 3.76. The van der Waals surface area contributed by atoms with Crippen LogP contribution in [0, 0.1) is 0 Å². The number of hydrogen-bond donors (Lipinski definition) is 1. The summed E-state index contributed by atoms with van der Waals surface area (Å²) in [6.07, 6.45) is 3.25. The Labute approximate surface area is 94.2 Å². The van der Waals surface area contributed by atoms with E-state index in [2.05, 4.69) is 23.4 Å². The highest BCUT2D eigenvalue weighted by Gasteiger charge is 2.21. The Hall–Kier alpha value is -1.61. The van der Waals surface area contributed by atoms with Crippen molar-refractivity contribution in [1.29, 1.82) is 0 Å².